The molecule has 2 amide bonds. The molecule has 0 atom stereocenters. The highest BCUT2D eigenvalue weighted by Gasteiger charge is 2.20. The quantitative estimate of drug-likeness (QED) is 0.805. The zero-order valence-corrected chi connectivity index (χ0v) is 15.3. The van der Waals surface area contributed by atoms with E-state index < -0.39 is 5.82 Å². The zero-order chi connectivity index (χ0) is 19.5. The molecular weight excluding hydrogens is 363 g/mol. The van der Waals surface area contributed by atoms with Crippen molar-refractivity contribution in [3.8, 4) is 11.5 Å². The summed E-state index contributed by atoms with van der Waals surface area (Å²) in [7, 11) is 0. The normalized spacial score (nSPS) is 15.5. The van der Waals surface area contributed by atoms with Crippen molar-refractivity contribution in [1.29, 1.82) is 0 Å². The van der Waals surface area contributed by atoms with Crippen LogP contribution in [-0.2, 0) is 4.79 Å². The molecule has 6 nitrogen and oxygen atoms in total. The molecule has 7 heteroatoms. The number of nitrogens with one attached hydrogen (secondary N) is 2. The van der Waals surface area contributed by atoms with Crippen LogP contribution in [0.2, 0.25) is 0 Å². The number of ether oxygens (including phenoxy) is 2. The number of hydrogen-bond acceptors (Lipinski definition) is 4. The summed E-state index contributed by atoms with van der Waals surface area (Å²) >= 11 is 0. The van der Waals surface area contributed by atoms with Gasteiger partial charge in [-0.15, -0.1) is 0 Å². The minimum Gasteiger partial charge on any atom is -0.454 e. The lowest BCUT2D eigenvalue weighted by Crippen LogP contribution is -2.17. The van der Waals surface area contributed by atoms with Crippen molar-refractivity contribution in [3.63, 3.8) is 0 Å². The Labute approximate surface area is 162 Å². The standard InChI is InChI=1S/C21H21FN2O4/c22-16-7-6-15(11-17(16)24-20(25)9-13-3-1-2-4-13)23-21(26)14-5-8-18-19(10-14)28-12-27-18/h5-8,10-11,13H,1-4,9,12H2,(H,23,26)(H,24,25). The summed E-state index contributed by atoms with van der Waals surface area (Å²) in [6, 6.07) is 8.97. The van der Waals surface area contributed by atoms with Crippen molar-refractivity contribution >= 4 is 23.2 Å². The van der Waals surface area contributed by atoms with Gasteiger partial charge < -0.3 is 20.1 Å². The lowest BCUT2D eigenvalue weighted by Gasteiger charge is -2.12. The Balaban J connectivity index is 1.42. The second kappa shape index (κ2) is 7.88. The summed E-state index contributed by atoms with van der Waals surface area (Å²) in [6.07, 6.45) is 4.78. The minimum absolute atomic E-state index is 0.0616. The molecule has 0 spiro atoms. The molecule has 4 rings (SSSR count). The third-order valence-electron chi connectivity index (χ3n) is 5.08. The van der Waals surface area contributed by atoms with Gasteiger partial charge in [0.15, 0.2) is 11.5 Å². The molecule has 28 heavy (non-hydrogen) atoms. The van der Waals surface area contributed by atoms with Gasteiger partial charge in [-0.25, -0.2) is 4.39 Å². The summed E-state index contributed by atoms with van der Waals surface area (Å²) in [5, 5.41) is 5.33. The summed E-state index contributed by atoms with van der Waals surface area (Å²) in [5.74, 6) is 0.355. The predicted molar refractivity (Wildman–Crippen MR) is 102 cm³/mol. The van der Waals surface area contributed by atoms with Gasteiger partial charge in [-0.3, -0.25) is 9.59 Å². The number of carbonyl (C=O) groups excluding carboxylic acids is 2. The Morgan fingerprint density at radius 2 is 1.79 bits per heavy atom. The van der Waals surface area contributed by atoms with Crippen LogP contribution >= 0.6 is 0 Å². The predicted octanol–water partition coefficient (Wildman–Crippen LogP) is 4.33. The summed E-state index contributed by atoms with van der Waals surface area (Å²) in [6.45, 7) is 0.127. The maximum atomic E-state index is 14.1. The Morgan fingerprint density at radius 3 is 2.61 bits per heavy atom. The molecule has 2 aromatic carbocycles. The lowest BCUT2D eigenvalue weighted by atomic mass is 10.0. The van der Waals surface area contributed by atoms with Gasteiger partial charge in [0.25, 0.3) is 5.91 Å². The zero-order valence-electron chi connectivity index (χ0n) is 15.3. The molecule has 2 aromatic rings. The Morgan fingerprint density at radius 1 is 1.00 bits per heavy atom. The topological polar surface area (TPSA) is 76.7 Å². The van der Waals surface area contributed by atoms with Gasteiger partial charge in [0.1, 0.15) is 5.82 Å². The van der Waals surface area contributed by atoms with E-state index in [1.54, 1.807) is 18.2 Å². The number of anilines is 2. The van der Waals surface area contributed by atoms with Crippen LogP contribution in [0.3, 0.4) is 0 Å². The number of hydrogen-bond donors (Lipinski definition) is 2. The van der Waals surface area contributed by atoms with E-state index in [2.05, 4.69) is 10.6 Å². The van der Waals surface area contributed by atoms with Gasteiger partial charge >= 0.3 is 0 Å². The first-order chi connectivity index (χ1) is 13.6. The van der Waals surface area contributed by atoms with E-state index in [9.17, 15) is 14.0 Å². The number of carbonyl (C=O) groups is 2. The average molecular weight is 384 g/mol. The first kappa shape index (κ1) is 18.3. The molecule has 146 valence electrons. The fourth-order valence-corrected chi connectivity index (χ4v) is 3.62. The highest BCUT2D eigenvalue weighted by atomic mass is 19.1. The first-order valence-electron chi connectivity index (χ1n) is 9.39. The first-order valence-corrected chi connectivity index (χ1v) is 9.39. The second-order valence-electron chi connectivity index (χ2n) is 7.12. The van der Waals surface area contributed by atoms with Gasteiger partial charge in [-0.1, -0.05) is 12.8 Å². The summed E-state index contributed by atoms with van der Waals surface area (Å²) in [4.78, 5) is 24.7. The molecule has 2 N–H and O–H groups in total. The largest absolute Gasteiger partial charge is 0.454 e. The lowest BCUT2D eigenvalue weighted by molar-refractivity contribution is -0.117. The van der Waals surface area contributed by atoms with Crippen LogP contribution in [0.5, 0.6) is 11.5 Å². The number of rotatable bonds is 5. The molecule has 1 heterocycles. The molecule has 1 saturated carbocycles. The van der Waals surface area contributed by atoms with E-state index in [1.807, 2.05) is 0 Å². The van der Waals surface area contributed by atoms with E-state index in [0.717, 1.165) is 25.7 Å². The van der Waals surface area contributed by atoms with Crippen LogP contribution in [0, 0.1) is 11.7 Å². The molecular formula is C21H21FN2O4. The highest BCUT2D eigenvalue weighted by Crippen LogP contribution is 2.33. The number of fused-ring (bicyclic) bond motifs is 1. The molecule has 0 saturated heterocycles. The summed E-state index contributed by atoms with van der Waals surface area (Å²) < 4.78 is 24.6. The van der Waals surface area contributed by atoms with E-state index in [1.165, 1.54) is 18.2 Å². The van der Waals surface area contributed by atoms with Crippen LogP contribution in [-0.4, -0.2) is 18.6 Å². The van der Waals surface area contributed by atoms with Crippen LogP contribution in [0.15, 0.2) is 36.4 Å². The number of benzene rings is 2. The maximum absolute atomic E-state index is 14.1. The van der Waals surface area contributed by atoms with Crippen molar-refractivity contribution in [3.05, 3.63) is 47.8 Å². The Hall–Kier alpha value is -3.09. The van der Waals surface area contributed by atoms with E-state index in [0.29, 0.717) is 35.1 Å². The molecule has 1 fully saturated rings. The molecule has 2 aliphatic rings. The van der Waals surface area contributed by atoms with Crippen molar-refractivity contribution in [1.82, 2.24) is 0 Å². The van der Waals surface area contributed by atoms with Crippen LogP contribution in [0.1, 0.15) is 42.5 Å². The van der Waals surface area contributed by atoms with Gasteiger partial charge in [-0.05, 0) is 55.2 Å². The van der Waals surface area contributed by atoms with Crippen molar-refractivity contribution in [2.24, 2.45) is 5.92 Å². The van der Waals surface area contributed by atoms with Gasteiger partial charge in [-0.2, -0.15) is 0 Å². The van der Waals surface area contributed by atoms with Gasteiger partial charge in [0.05, 0.1) is 5.69 Å². The van der Waals surface area contributed by atoms with Gasteiger partial charge in [0.2, 0.25) is 12.7 Å². The van der Waals surface area contributed by atoms with Crippen LogP contribution < -0.4 is 20.1 Å². The molecule has 0 aromatic heterocycles. The Kier molecular flexibility index (Phi) is 5.14. The smallest absolute Gasteiger partial charge is 0.255 e. The highest BCUT2D eigenvalue weighted by molar-refractivity contribution is 6.05. The summed E-state index contributed by atoms with van der Waals surface area (Å²) in [5.41, 5.74) is 0.840. The van der Waals surface area contributed by atoms with E-state index in [4.69, 9.17) is 9.47 Å². The SMILES string of the molecule is O=C(CC1CCCC1)Nc1cc(NC(=O)c2ccc3c(c2)OCO3)ccc1F. The molecule has 0 unspecified atom stereocenters. The van der Waals surface area contributed by atoms with Crippen LogP contribution in [0.4, 0.5) is 15.8 Å². The number of amides is 2. The van der Waals surface area contributed by atoms with Crippen molar-refractivity contribution < 1.29 is 23.5 Å². The molecule has 0 radical (unpaired) electrons. The fraction of sp³-hybridized carbons (Fsp3) is 0.333. The minimum atomic E-state index is -0.541. The maximum Gasteiger partial charge on any atom is 0.255 e. The Bertz CT molecular complexity index is 909. The third-order valence-corrected chi connectivity index (χ3v) is 5.08. The van der Waals surface area contributed by atoms with E-state index in [-0.39, 0.29) is 24.3 Å². The van der Waals surface area contributed by atoms with Gasteiger partial charge in [0, 0.05) is 17.7 Å². The fourth-order valence-electron chi connectivity index (χ4n) is 3.62. The van der Waals surface area contributed by atoms with Crippen molar-refractivity contribution in [2.75, 3.05) is 17.4 Å². The van der Waals surface area contributed by atoms with E-state index >= 15 is 0 Å². The average Bonchev–Trinajstić information content (AvgIpc) is 3.35. The second-order valence-corrected chi connectivity index (χ2v) is 7.12. The van der Waals surface area contributed by atoms with Crippen LogP contribution in [0.25, 0.3) is 0 Å². The van der Waals surface area contributed by atoms with Crippen molar-refractivity contribution in [2.45, 2.75) is 32.1 Å². The number of halogens is 1. The molecule has 0 bridgehead atoms. The third kappa shape index (κ3) is 4.08. The monoisotopic (exact) mass is 384 g/mol. The molecule has 1 aliphatic carbocycles. The molecule has 1 aliphatic heterocycles.